The van der Waals surface area contributed by atoms with E-state index in [-0.39, 0.29) is 28.3 Å². The van der Waals surface area contributed by atoms with Gasteiger partial charge >= 0.3 is 6.61 Å². The fourth-order valence-corrected chi connectivity index (χ4v) is 4.20. The fourth-order valence-electron chi connectivity index (χ4n) is 4.20. The van der Waals surface area contributed by atoms with Gasteiger partial charge in [0.05, 0.1) is 43.1 Å². The van der Waals surface area contributed by atoms with Crippen LogP contribution in [0.3, 0.4) is 0 Å². The van der Waals surface area contributed by atoms with Crippen molar-refractivity contribution in [3.05, 3.63) is 67.0 Å². The molecule has 0 spiro atoms. The van der Waals surface area contributed by atoms with Gasteiger partial charge in [-0.3, -0.25) is 14.2 Å². The van der Waals surface area contributed by atoms with E-state index >= 15 is 0 Å². The van der Waals surface area contributed by atoms with E-state index < -0.39 is 12.5 Å². The standard InChI is InChI=1S/C25H22F2N8O4/c1-33-12-20(31-24(36)19-9-30-35-6-2-5-28-23(19)35)22(32-33)18-7-16(3-4-21(18)39-25(26)27)38-17-8-29-34(11-17)10-15-13-37-14-15/h2-9,11-12,15,25H,10,13-14H2,1H3,(H,31,36). The first-order valence-electron chi connectivity index (χ1n) is 11.9. The number of aryl methyl sites for hydroxylation is 1. The largest absolute Gasteiger partial charge is 0.454 e. The number of hydrogen-bond donors (Lipinski definition) is 1. The summed E-state index contributed by atoms with van der Waals surface area (Å²) in [7, 11) is 1.64. The molecule has 1 aliphatic rings. The molecule has 12 nitrogen and oxygen atoms in total. The number of nitrogens with zero attached hydrogens (tertiary/aromatic N) is 7. The van der Waals surface area contributed by atoms with Gasteiger partial charge in [-0.15, -0.1) is 0 Å². The number of nitrogens with one attached hydrogen (secondary N) is 1. The van der Waals surface area contributed by atoms with Crippen LogP contribution in [0.1, 0.15) is 10.4 Å². The number of carbonyl (C=O) groups is 1. The number of carbonyl (C=O) groups excluding carboxylic acids is 1. The molecule has 5 heterocycles. The first-order chi connectivity index (χ1) is 18.9. The molecule has 1 fully saturated rings. The lowest BCUT2D eigenvalue weighted by Crippen LogP contribution is -2.31. The summed E-state index contributed by atoms with van der Waals surface area (Å²) in [6.45, 7) is -0.977. The number of amides is 1. The molecule has 14 heteroatoms. The van der Waals surface area contributed by atoms with Crippen LogP contribution in [0, 0.1) is 5.92 Å². The Morgan fingerprint density at radius 1 is 1.21 bits per heavy atom. The summed E-state index contributed by atoms with van der Waals surface area (Å²) in [4.78, 5) is 17.3. The molecule has 39 heavy (non-hydrogen) atoms. The molecule has 0 atom stereocenters. The number of halogens is 2. The van der Waals surface area contributed by atoms with E-state index in [2.05, 4.69) is 25.6 Å². The number of anilines is 1. The molecule has 0 saturated carbocycles. The lowest BCUT2D eigenvalue weighted by molar-refractivity contribution is -0.0494. The zero-order valence-corrected chi connectivity index (χ0v) is 20.6. The van der Waals surface area contributed by atoms with E-state index in [0.29, 0.717) is 42.8 Å². The van der Waals surface area contributed by atoms with Gasteiger partial charge in [0, 0.05) is 38.1 Å². The molecule has 200 valence electrons. The predicted octanol–water partition coefficient (Wildman–Crippen LogP) is 3.62. The molecule has 1 aliphatic heterocycles. The normalized spacial score (nSPS) is 13.5. The third-order valence-corrected chi connectivity index (χ3v) is 6.02. The lowest BCUT2D eigenvalue weighted by Gasteiger charge is -2.25. The maximum Gasteiger partial charge on any atom is 0.387 e. The highest BCUT2D eigenvalue weighted by atomic mass is 19.3. The highest BCUT2D eigenvalue weighted by Crippen LogP contribution is 2.38. The van der Waals surface area contributed by atoms with Crippen LogP contribution in [0.2, 0.25) is 0 Å². The zero-order valence-electron chi connectivity index (χ0n) is 20.6. The van der Waals surface area contributed by atoms with Crippen molar-refractivity contribution in [1.82, 2.24) is 34.2 Å². The van der Waals surface area contributed by atoms with Gasteiger partial charge in [-0.25, -0.2) is 9.50 Å². The average molecular weight is 536 g/mol. The van der Waals surface area contributed by atoms with Crippen molar-refractivity contribution in [3.8, 4) is 28.5 Å². The van der Waals surface area contributed by atoms with E-state index in [0.717, 1.165) is 0 Å². The number of fused-ring (bicyclic) bond motifs is 1. The molecule has 0 unspecified atom stereocenters. The zero-order chi connectivity index (χ0) is 26.9. The number of rotatable bonds is 9. The average Bonchev–Trinajstić information content (AvgIpc) is 3.60. The van der Waals surface area contributed by atoms with Crippen LogP contribution in [0.4, 0.5) is 14.5 Å². The van der Waals surface area contributed by atoms with Crippen LogP contribution in [0.5, 0.6) is 17.2 Å². The SMILES string of the molecule is Cn1cc(NC(=O)c2cnn3cccnc23)c(-c2cc(Oc3cnn(CC4COC4)c3)ccc2OC(F)F)n1. The Kier molecular flexibility index (Phi) is 6.36. The molecule has 6 rings (SSSR count). The minimum absolute atomic E-state index is 0.134. The second kappa shape index (κ2) is 10.1. The molecular formula is C25H22F2N8O4. The van der Waals surface area contributed by atoms with E-state index in [1.807, 2.05) is 0 Å². The van der Waals surface area contributed by atoms with E-state index in [1.165, 1.54) is 33.6 Å². The van der Waals surface area contributed by atoms with Crippen LogP contribution < -0.4 is 14.8 Å². The minimum Gasteiger partial charge on any atom is -0.454 e. The Labute approximate surface area is 219 Å². The van der Waals surface area contributed by atoms with Gasteiger partial charge in [-0.2, -0.15) is 24.1 Å². The van der Waals surface area contributed by atoms with Crippen molar-refractivity contribution in [2.24, 2.45) is 13.0 Å². The van der Waals surface area contributed by atoms with Crippen molar-refractivity contribution >= 4 is 17.2 Å². The Morgan fingerprint density at radius 3 is 2.87 bits per heavy atom. The minimum atomic E-state index is -3.07. The van der Waals surface area contributed by atoms with Gasteiger partial charge in [-0.05, 0) is 24.3 Å². The Morgan fingerprint density at radius 2 is 2.08 bits per heavy atom. The molecule has 0 bridgehead atoms. The quantitative estimate of drug-likeness (QED) is 0.303. The van der Waals surface area contributed by atoms with Crippen molar-refractivity contribution < 1.29 is 27.8 Å². The number of alkyl halides is 2. The van der Waals surface area contributed by atoms with Crippen molar-refractivity contribution in [1.29, 1.82) is 0 Å². The van der Waals surface area contributed by atoms with Crippen LogP contribution in [-0.2, 0) is 18.3 Å². The summed E-state index contributed by atoms with van der Waals surface area (Å²) in [6.07, 6.45) is 9.48. The number of benzene rings is 1. The smallest absolute Gasteiger partial charge is 0.387 e. The third-order valence-electron chi connectivity index (χ3n) is 6.02. The predicted molar refractivity (Wildman–Crippen MR) is 133 cm³/mol. The van der Waals surface area contributed by atoms with Gasteiger partial charge in [0.25, 0.3) is 5.91 Å². The Hall–Kier alpha value is -4.85. The van der Waals surface area contributed by atoms with Crippen molar-refractivity contribution in [2.45, 2.75) is 13.2 Å². The van der Waals surface area contributed by atoms with Gasteiger partial charge in [-0.1, -0.05) is 0 Å². The van der Waals surface area contributed by atoms with Gasteiger partial charge in [0.15, 0.2) is 11.4 Å². The lowest BCUT2D eigenvalue weighted by atomic mass is 10.1. The monoisotopic (exact) mass is 536 g/mol. The number of ether oxygens (including phenoxy) is 3. The maximum atomic E-state index is 13.3. The van der Waals surface area contributed by atoms with E-state index in [4.69, 9.17) is 14.2 Å². The van der Waals surface area contributed by atoms with Crippen LogP contribution in [-0.4, -0.2) is 59.9 Å². The summed E-state index contributed by atoms with van der Waals surface area (Å²) in [6, 6.07) is 6.07. The van der Waals surface area contributed by atoms with Crippen molar-refractivity contribution in [3.63, 3.8) is 0 Å². The van der Waals surface area contributed by atoms with E-state index in [9.17, 15) is 13.6 Å². The second-order valence-electron chi connectivity index (χ2n) is 8.91. The molecule has 1 aromatic carbocycles. The highest BCUT2D eigenvalue weighted by molar-refractivity contribution is 6.09. The molecule has 0 aliphatic carbocycles. The summed E-state index contributed by atoms with van der Waals surface area (Å²) >= 11 is 0. The molecule has 0 radical (unpaired) electrons. The van der Waals surface area contributed by atoms with Gasteiger partial charge in [0.2, 0.25) is 0 Å². The van der Waals surface area contributed by atoms with Gasteiger partial charge in [0.1, 0.15) is 22.8 Å². The summed E-state index contributed by atoms with van der Waals surface area (Å²) in [5.74, 6) is 0.590. The van der Waals surface area contributed by atoms with Crippen LogP contribution in [0.25, 0.3) is 16.9 Å². The number of hydrogen-bond acceptors (Lipinski definition) is 8. The first kappa shape index (κ1) is 24.5. The van der Waals surface area contributed by atoms with Crippen LogP contribution >= 0.6 is 0 Å². The number of aromatic nitrogens is 7. The van der Waals surface area contributed by atoms with Crippen molar-refractivity contribution in [2.75, 3.05) is 18.5 Å². The van der Waals surface area contributed by atoms with Gasteiger partial charge < -0.3 is 19.5 Å². The molecule has 1 saturated heterocycles. The molecule has 1 amide bonds. The summed E-state index contributed by atoms with van der Waals surface area (Å²) in [5, 5.41) is 15.6. The highest BCUT2D eigenvalue weighted by Gasteiger charge is 2.23. The molecular weight excluding hydrogens is 514 g/mol. The first-order valence-corrected chi connectivity index (χ1v) is 11.9. The fraction of sp³-hybridized carbons (Fsp3) is 0.240. The molecule has 5 aromatic rings. The second-order valence-corrected chi connectivity index (χ2v) is 8.91. The molecule has 1 N–H and O–H groups in total. The summed E-state index contributed by atoms with van der Waals surface area (Å²) < 4.78 is 47.1. The topological polar surface area (TPSA) is 123 Å². The van der Waals surface area contributed by atoms with Crippen LogP contribution in [0.15, 0.2) is 61.4 Å². The maximum absolute atomic E-state index is 13.3. The Bertz CT molecular complexity index is 1640. The Balaban J connectivity index is 1.30. The third kappa shape index (κ3) is 5.13. The van der Waals surface area contributed by atoms with E-state index in [1.54, 1.807) is 48.8 Å². The molecule has 4 aromatic heterocycles. The summed E-state index contributed by atoms with van der Waals surface area (Å²) in [5.41, 5.74) is 1.27.